The molecule has 176 valence electrons. The third kappa shape index (κ3) is 6.54. The second kappa shape index (κ2) is 12.3. The van der Waals surface area contributed by atoms with E-state index in [1.165, 1.54) is 30.6 Å². The first kappa shape index (κ1) is 24.7. The summed E-state index contributed by atoms with van der Waals surface area (Å²) in [6.45, 7) is 2.85. The molecule has 3 rings (SSSR count). The van der Waals surface area contributed by atoms with Crippen LogP contribution in [0.15, 0.2) is 47.4 Å². The van der Waals surface area contributed by atoms with E-state index in [1.807, 2.05) is 18.2 Å². The van der Waals surface area contributed by atoms with Gasteiger partial charge in [-0.2, -0.15) is 0 Å². The molecule has 1 fully saturated rings. The Bertz CT molecular complexity index is 987. The zero-order valence-electron chi connectivity index (χ0n) is 19.5. The number of amides is 2. The van der Waals surface area contributed by atoms with Crippen LogP contribution >= 0.6 is 11.8 Å². The number of hydrogen-bond acceptors (Lipinski definition) is 6. The minimum atomic E-state index is -0.350. The Morgan fingerprint density at radius 3 is 2.30 bits per heavy atom. The highest BCUT2D eigenvalue weighted by Gasteiger charge is 2.36. The summed E-state index contributed by atoms with van der Waals surface area (Å²) in [6, 6.07) is 12.3. The minimum Gasteiger partial charge on any atom is -0.497 e. The maximum absolute atomic E-state index is 12.9. The van der Waals surface area contributed by atoms with Crippen molar-refractivity contribution in [3.05, 3.63) is 52.9 Å². The van der Waals surface area contributed by atoms with Gasteiger partial charge >= 0.3 is 0 Å². The molecule has 0 unspecified atom stereocenters. The van der Waals surface area contributed by atoms with Gasteiger partial charge in [0.2, 0.25) is 0 Å². The number of methoxy groups -OCH3 is 2. The first-order valence-corrected chi connectivity index (χ1v) is 12.1. The molecular formula is C26H31NO5S. The number of unbranched alkanes of at least 4 members (excludes halogenated alkanes) is 5. The number of carbonyl (C=O) groups excluding carboxylic acids is 2. The Morgan fingerprint density at radius 1 is 0.879 bits per heavy atom. The van der Waals surface area contributed by atoms with Crippen molar-refractivity contribution >= 4 is 34.7 Å². The summed E-state index contributed by atoms with van der Waals surface area (Å²) in [6.07, 6.45) is 8.91. The fourth-order valence-corrected chi connectivity index (χ4v) is 4.37. The van der Waals surface area contributed by atoms with Gasteiger partial charge in [0, 0.05) is 0 Å². The van der Waals surface area contributed by atoms with Crippen LogP contribution in [0.4, 0.5) is 10.5 Å². The van der Waals surface area contributed by atoms with Crippen LogP contribution in [0.3, 0.4) is 0 Å². The number of hydrogen-bond donors (Lipinski definition) is 0. The molecule has 0 saturated carbocycles. The lowest BCUT2D eigenvalue weighted by molar-refractivity contribution is -0.113. The number of thioether (sulfide) groups is 1. The fourth-order valence-electron chi connectivity index (χ4n) is 3.53. The first-order chi connectivity index (χ1) is 16.1. The minimum absolute atomic E-state index is 0.331. The van der Waals surface area contributed by atoms with Gasteiger partial charge in [-0.25, -0.2) is 4.90 Å². The third-order valence-corrected chi connectivity index (χ3v) is 6.23. The van der Waals surface area contributed by atoms with Crippen molar-refractivity contribution in [2.75, 3.05) is 25.7 Å². The van der Waals surface area contributed by atoms with Crippen molar-refractivity contribution in [1.29, 1.82) is 0 Å². The Morgan fingerprint density at radius 2 is 1.61 bits per heavy atom. The van der Waals surface area contributed by atoms with E-state index in [1.54, 1.807) is 44.6 Å². The summed E-state index contributed by atoms with van der Waals surface area (Å²) in [4.78, 5) is 26.9. The van der Waals surface area contributed by atoms with Crippen molar-refractivity contribution in [2.24, 2.45) is 0 Å². The number of anilines is 1. The molecular weight excluding hydrogens is 438 g/mol. The van der Waals surface area contributed by atoms with Gasteiger partial charge in [-0.1, -0.05) is 45.1 Å². The summed E-state index contributed by atoms with van der Waals surface area (Å²) in [5, 5.41) is -0.331. The average Bonchev–Trinajstić information content (AvgIpc) is 3.11. The number of benzene rings is 2. The summed E-state index contributed by atoms with van der Waals surface area (Å²) >= 11 is 0.919. The Hall–Kier alpha value is -2.93. The Kier molecular flexibility index (Phi) is 9.24. The van der Waals surface area contributed by atoms with E-state index >= 15 is 0 Å². The molecule has 1 aliphatic rings. The van der Waals surface area contributed by atoms with E-state index in [2.05, 4.69) is 6.92 Å². The average molecular weight is 470 g/mol. The molecule has 0 bridgehead atoms. The van der Waals surface area contributed by atoms with Crippen LogP contribution in [0.25, 0.3) is 6.08 Å². The highest BCUT2D eigenvalue weighted by atomic mass is 32.2. The van der Waals surface area contributed by atoms with E-state index in [4.69, 9.17) is 14.2 Å². The number of carbonyl (C=O) groups is 2. The zero-order valence-corrected chi connectivity index (χ0v) is 20.3. The van der Waals surface area contributed by atoms with Crippen molar-refractivity contribution in [3.8, 4) is 17.2 Å². The maximum Gasteiger partial charge on any atom is 0.298 e. The van der Waals surface area contributed by atoms with Crippen molar-refractivity contribution < 1.29 is 23.8 Å². The van der Waals surface area contributed by atoms with Gasteiger partial charge in [0.05, 0.1) is 31.4 Å². The van der Waals surface area contributed by atoms with Crippen LogP contribution in [0.5, 0.6) is 17.2 Å². The Labute approximate surface area is 199 Å². The molecule has 2 aromatic carbocycles. The largest absolute Gasteiger partial charge is 0.497 e. The van der Waals surface area contributed by atoms with Crippen LogP contribution in [0, 0.1) is 0 Å². The molecule has 7 heteroatoms. The predicted octanol–water partition coefficient (Wildman–Crippen LogP) is 6.68. The van der Waals surface area contributed by atoms with Gasteiger partial charge in [-0.3, -0.25) is 9.59 Å². The first-order valence-electron chi connectivity index (χ1n) is 11.3. The molecule has 0 atom stereocenters. The SMILES string of the molecule is CCCCCCCCOc1ccc(/C=C2\SC(=O)N(c3ccc(OC)cc3)C2=O)cc1OC. The standard InChI is InChI=1S/C26H31NO5S/c1-4-5-6-7-8-9-16-32-22-15-10-19(17-23(22)31-3)18-24-25(28)27(26(29)33-24)20-11-13-21(30-2)14-12-20/h10-15,17-18H,4-9,16H2,1-3H3/b24-18-. The molecule has 2 amide bonds. The van der Waals surface area contributed by atoms with Crippen LogP contribution in [0.1, 0.15) is 51.0 Å². The van der Waals surface area contributed by atoms with Gasteiger partial charge in [0.1, 0.15) is 5.75 Å². The molecule has 1 saturated heterocycles. The molecule has 0 N–H and O–H groups in total. The van der Waals surface area contributed by atoms with E-state index in [-0.39, 0.29) is 11.1 Å². The van der Waals surface area contributed by atoms with Crippen molar-refractivity contribution in [1.82, 2.24) is 0 Å². The lowest BCUT2D eigenvalue weighted by Crippen LogP contribution is -2.27. The number of imide groups is 1. The fraction of sp³-hybridized carbons (Fsp3) is 0.385. The van der Waals surface area contributed by atoms with Gasteiger partial charge in [0.15, 0.2) is 11.5 Å². The zero-order chi connectivity index (χ0) is 23.6. The second-order valence-corrected chi connectivity index (χ2v) is 8.73. The van der Waals surface area contributed by atoms with Crippen molar-refractivity contribution in [3.63, 3.8) is 0 Å². The molecule has 0 radical (unpaired) electrons. The lowest BCUT2D eigenvalue weighted by atomic mass is 10.1. The van der Waals surface area contributed by atoms with E-state index in [0.717, 1.165) is 30.2 Å². The summed E-state index contributed by atoms with van der Waals surface area (Å²) in [5.74, 6) is 1.59. The summed E-state index contributed by atoms with van der Waals surface area (Å²) < 4.78 is 16.5. The van der Waals surface area contributed by atoms with E-state index in [0.29, 0.717) is 34.4 Å². The quantitative estimate of drug-likeness (QED) is 0.255. The van der Waals surface area contributed by atoms with Crippen molar-refractivity contribution in [2.45, 2.75) is 45.4 Å². The third-order valence-electron chi connectivity index (χ3n) is 5.37. The van der Waals surface area contributed by atoms with E-state index < -0.39 is 0 Å². The topological polar surface area (TPSA) is 65.1 Å². The highest BCUT2D eigenvalue weighted by Crippen LogP contribution is 2.37. The normalized spacial score (nSPS) is 14.8. The highest BCUT2D eigenvalue weighted by molar-refractivity contribution is 8.19. The summed E-state index contributed by atoms with van der Waals surface area (Å²) in [5.41, 5.74) is 1.27. The maximum atomic E-state index is 12.9. The molecule has 0 aromatic heterocycles. The molecule has 6 nitrogen and oxygen atoms in total. The number of nitrogens with zero attached hydrogens (tertiary/aromatic N) is 1. The van der Waals surface area contributed by atoms with Crippen LogP contribution in [-0.4, -0.2) is 32.0 Å². The van der Waals surface area contributed by atoms with E-state index in [9.17, 15) is 9.59 Å². The monoisotopic (exact) mass is 469 g/mol. The molecule has 2 aromatic rings. The molecule has 0 spiro atoms. The van der Waals surface area contributed by atoms with Gasteiger partial charge in [-0.05, 0) is 66.2 Å². The van der Waals surface area contributed by atoms with Crippen LogP contribution < -0.4 is 19.1 Å². The second-order valence-electron chi connectivity index (χ2n) is 7.74. The predicted molar refractivity (Wildman–Crippen MR) is 133 cm³/mol. The molecule has 33 heavy (non-hydrogen) atoms. The summed E-state index contributed by atoms with van der Waals surface area (Å²) in [7, 11) is 3.16. The lowest BCUT2D eigenvalue weighted by Gasteiger charge is -2.13. The van der Waals surface area contributed by atoms with Gasteiger partial charge in [-0.15, -0.1) is 0 Å². The van der Waals surface area contributed by atoms with Gasteiger partial charge < -0.3 is 14.2 Å². The molecule has 1 aliphatic heterocycles. The molecule has 1 heterocycles. The Balaban J connectivity index is 1.65. The van der Waals surface area contributed by atoms with Crippen LogP contribution in [-0.2, 0) is 4.79 Å². The van der Waals surface area contributed by atoms with Gasteiger partial charge in [0.25, 0.3) is 11.1 Å². The van der Waals surface area contributed by atoms with Crippen LogP contribution in [0.2, 0.25) is 0 Å². The smallest absolute Gasteiger partial charge is 0.298 e. The number of ether oxygens (including phenoxy) is 3. The molecule has 0 aliphatic carbocycles. The number of rotatable bonds is 12.